The molecular formula is C14H22N2O2. The molecule has 100 valence electrons. The smallest absolute Gasteiger partial charge is 0.251 e. The Morgan fingerprint density at radius 2 is 2.28 bits per heavy atom. The van der Waals surface area contributed by atoms with Crippen LogP contribution in [0, 0.1) is 11.3 Å². The predicted molar refractivity (Wildman–Crippen MR) is 70.0 cm³/mol. The monoisotopic (exact) mass is 250 g/mol. The molecule has 2 rings (SSSR count). The van der Waals surface area contributed by atoms with Gasteiger partial charge in [-0.25, -0.2) is 0 Å². The Labute approximate surface area is 108 Å². The van der Waals surface area contributed by atoms with Gasteiger partial charge in [-0.3, -0.25) is 4.79 Å². The van der Waals surface area contributed by atoms with E-state index in [1.807, 2.05) is 0 Å². The molecule has 1 aromatic rings. The summed E-state index contributed by atoms with van der Waals surface area (Å²) in [5, 5.41) is 3.51. The largest absolute Gasteiger partial charge is 0.467 e. The van der Waals surface area contributed by atoms with Gasteiger partial charge in [0.15, 0.2) is 0 Å². The highest BCUT2D eigenvalue weighted by Gasteiger charge is 2.36. The lowest BCUT2D eigenvalue weighted by atomic mass is 9.91. The summed E-state index contributed by atoms with van der Waals surface area (Å²) in [7, 11) is 0. The van der Waals surface area contributed by atoms with Gasteiger partial charge in [-0.1, -0.05) is 20.8 Å². The van der Waals surface area contributed by atoms with Crippen LogP contribution < -0.4 is 11.1 Å². The molecule has 0 unspecified atom stereocenters. The lowest BCUT2D eigenvalue weighted by Gasteiger charge is -2.17. The van der Waals surface area contributed by atoms with E-state index in [0.29, 0.717) is 29.5 Å². The van der Waals surface area contributed by atoms with Gasteiger partial charge < -0.3 is 15.5 Å². The first-order chi connectivity index (χ1) is 8.37. The van der Waals surface area contributed by atoms with Crippen LogP contribution >= 0.6 is 0 Å². The van der Waals surface area contributed by atoms with Gasteiger partial charge in [0.25, 0.3) is 5.91 Å². The third kappa shape index (κ3) is 2.93. The molecule has 1 aliphatic carbocycles. The highest BCUT2D eigenvalue weighted by molar-refractivity contribution is 5.92. The zero-order chi connectivity index (χ0) is 13.3. The Morgan fingerprint density at radius 3 is 2.78 bits per heavy atom. The van der Waals surface area contributed by atoms with Crippen molar-refractivity contribution in [2.45, 2.75) is 46.2 Å². The van der Waals surface area contributed by atoms with E-state index in [-0.39, 0.29) is 0 Å². The summed E-state index contributed by atoms with van der Waals surface area (Å²) in [6, 6.07) is 2.22. The molecule has 1 heterocycles. The lowest BCUT2D eigenvalue weighted by Crippen LogP contribution is -2.30. The maximum atomic E-state index is 11.0. The number of carbonyl (C=O) groups excluding carboxylic acids is 1. The number of hydrogen-bond donors (Lipinski definition) is 2. The van der Waals surface area contributed by atoms with Gasteiger partial charge in [0, 0.05) is 6.04 Å². The van der Waals surface area contributed by atoms with E-state index in [9.17, 15) is 4.79 Å². The van der Waals surface area contributed by atoms with Gasteiger partial charge >= 0.3 is 0 Å². The van der Waals surface area contributed by atoms with E-state index in [2.05, 4.69) is 26.1 Å². The number of primary amides is 1. The van der Waals surface area contributed by atoms with E-state index in [4.69, 9.17) is 10.2 Å². The topological polar surface area (TPSA) is 68.3 Å². The third-order valence-electron chi connectivity index (χ3n) is 3.81. The van der Waals surface area contributed by atoms with Crippen molar-refractivity contribution in [1.29, 1.82) is 0 Å². The Bertz CT molecular complexity index is 437. The first-order valence-electron chi connectivity index (χ1n) is 6.48. The second kappa shape index (κ2) is 4.76. The van der Waals surface area contributed by atoms with Crippen molar-refractivity contribution in [2.75, 3.05) is 0 Å². The van der Waals surface area contributed by atoms with E-state index >= 15 is 0 Å². The molecule has 3 N–H and O–H groups in total. The van der Waals surface area contributed by atoms with Crippen molar-refractivity contribution in [3.05, 3.63) is 23.7 Å². The van der Waals surface area contributed by atoms with Crippen LogP contribution in [0.4, 0.5) is 0 Å². The fourth-order valence-corrected chi connectivity index (χ4v) is 3.00. The summed E-state index contributed by atoms with van der Waals surface area (Å²) in [4.78, 5) is 11.0. The number of nitrogens with one attached hydrogen (secondary N) is 1. The molecule has 1 fully saturated rings. The predicted octanol–water partition coefficient (Wildman–Crippen LogP) is 2.29. The number of amides is 1. The molecule has 0 aliphatic heterocycles. The van der Waals surface area contributed by atoms with Crippen molar-refractivity contribution in [3.63, 3.8) is 0 Å². The Balaban J connectivity index is 1.90. The molecule has 0 saturated heterocycles. The summed E-state index contributed by atoms with van der Waals surface area (Å²) in [5.74, 6) is 0.992. The van der Waals surface area contributed by atoms with Crippen LogP contribution in [-0.4, -0.2) is 11.9 Å². The van der Waals surface area contributed by atoms with Gasteiger partial charge in [-0.2, -0.15) is 0 Å². The van der Waals surface area contributed by atoms with Crippen LogP contribution in [0.5, 0.6) is 0 Å². The van der Waals surface area contributed by atoms with Gasteiger partial charge in [0.1, 0.15) is 12.0 Å². The maximum Gasteiger partial charge on any atom is 0.251 e. The molecule has 0 bridgehead atoms. The van der Waals surface area contributed by atoms with Crippen LogP contribution in [0.3, 0.4) is 0 Å². The molecular weight excluding hydrogens is 228 g/mol. The first kappa shape index (κ1) is 13.1. The van der Waals surface area contributed by atoms with Crippen LogP contribution in [0.1, 0.15) is 49.7 Å². The van der Waals surface area contributed by atoms with E-state index in [0.717, 1.165) is 5.76 Å². The quantitative estimate of drug-likeness (QED) is 0.861. The van der Waals surface area contributed by atoms with Gasteiger partial charge in [0.2, 0.25) is 0 Å². The standard InChI is InChI=1S/C14H22N2O2/c1-9-5-14(2,3)6-12(9)16-7-11-4-10(8-18-11)13(15)17/h4,8-9,12,16H,5-7H2,1-3H3,(H2,15,17)/t9-,12-/m1/s1. The van der Waals surface area contributed by atoms with Crippen molar-refractivity contribution >= 4 is 5.91 Å². The van der Waals surface area contributed by atoms with Crippen molar-refractivity contribution in [3.8, 4) is 0 Å². The van der Waals surface area contributed by atoms with Crippen LogP contribution in [0.25, 0.3) is 0 Å². The maximum absolute atomic E-state index is 11.0. The molecule has 4 heteroatoms. The molecule has 0 radical (unpaired) electrons. The van der Waals surface area contributed by atoms with E-state index < -0.39 is 5.91 Å². The number of rotatable bonds is 4. The zero-order valence-corrected chi connectivity index (χ0v) is 11.3. The van der Waals surface area contributed by atoms with Gasteiger partial charge in [-0.15, -0.1) is 0 Å². The molecule has 0 aromatic carbocycles. The van der Waals surface area contributed by atoms with Crippen molar-refractivity contribution in [2.24, 2.45) is 17.1 Å². The summed E-state index contributed by atoms with van der Waals surface area (Å²) in [6.07, 6.45) is 3.84. The lowest BCUT2D eigenvalue weighted by molar-refractivity contribution is 0.0999. The first-order valence-corrected chi connectivity index (χ1v) is 6.48. The number of carbonyl (C=O) groups is 1. The minimum Gasteiger partial charge on any atom is -0.467 e. The Kier molecular flexibility index (Phi) is 3.48. The van der Waals surface area contributed by atoms with Gasteiger partial charge in [0.05, 0.1) is 12.1 Å². The zero-order valence-electron chi connectivity index (χ0n) is 11.3. The average Bonchev–Trinajstić information content (AvgIpc) is 2.80. The minimum atomic E-state index is -0.444. The summed E-state index contributed by atoms with van der Waals surface area (Å²) in [5.41, 5.74) is 6.04. The third-order valence-corrected chi connectivity index (χ3v) is 3.81. The highest BCUT2D eigenvalue weighted by Crippen LogP contribution is 2.40. The van der Waals surface area contributed by atoms with Crippen LogP contribution in [0.2, 0.25) is 0 Å². The second-order valence-corrected chi connectivity index (χ2v) is 6.20. The molecule has 4 nitrogen and oxygen atoms in total. The molecule has 1 amide bonds. The summed E-state index contributed by atoms with van der Waals surface area (Å²) < 4.78 is 5.31. The second-order valence-electron chi connectivity index (χ2n) is 6.20. The summed E-state index contributed by atoms with van der Waals surface area (Å²) >= 11 is 0. The minimum absolute atomic E-state index is 0.415. The van der Waals surface area contributed by atoms with Crippen molar-refractivity contribution in [1.82, 2.24) is 5.32 Å². The van der Waals surface area contributed by atoms with Crippen molar-refractivity contribution < 1.29 is 9.21 Å². The molecule has 1 aliphatic rings. The van der Waals surface area contributed by atoms with E-state index in [1.54, 1.807) is 6.07 Å². The fraction of sp³-hybridized carbons (Fsp3) is 0.643. The number of furan rings is 1. The summed E-state index contributed by atoms with van der Waals surface area (Å²) in [6.45, 7) is 7.55. The molecule has 1 aromatic heterocycles. The molecule has 0 spiro atoms. The van der Waals surface area contributed by atoms with Gasteiger partial charge in [-0.05, 0) is 30.2 Å². The normalized spacial score (nSPS) is 26.4. The van der Waals surface area contributed by atoms with E-state index in [1.165, 1.54) is 19.1 Å². The van der Waals surface area contributed by atoms with Crippen LogP contribution in [0.15, 0.2) is 16.7 Å². The number of hydrogen-bond acceptors (Lipinski definition) is 3. The fourth-order valence-electron chi connectivity index (χ4n) is 3.00. The van der Waals surface area contributed by atoms with Crippen LogP contribution in [-0.2, 0) is 6.54 Å². The SMILES string of the molecule is C[C@@H]1CC(C)(C)C[C@H]1NCc1cc(C(N)=O)co1. The molecule has 2 atom stereocenters. The Morgan fingerprint density at radius 1 is 1.56 bits per heavy atom. The highest BCUT2D eigenvalue weighted by atomic mass is 16.3. The Hall–Kier alpha value is -1.29. The molecule has 1 saturated carbocycles. The number of nitrogens with two attached hydrogens (primary N) is 1. The molecule has 18 heavy (non-hydrogen) atoms. The average molecular weight is 250 g/mol.